The van der Waals surface area contributed by atoms with Crippen molar-refractivity contribution in [1.82, 2.24) is 4.90 Å². The average Bonchev–Trinajstić information content (AvgIpc) is 3.06. The standard InChI is InChI=1S/C20H33NO/c1-2-3-4-5-6-7-8-9-10-11-12-13-14-17-20(22)21-18-15-16-19-21/h3-4,6-7,9-10H,2,5,8,11-19H2,1H3/b4-3-,7-6-,10-9-. The quantitative estimate of drug-likeness (QED) is 0.369. The molecule has 1 rings (SSSR count). The van der Waals surface area contributed by atoms with Gasteiger partial charge < -0.3 is 4.90 Å². The second-order valence-corrected chi connectivity index (χ2v) is 5.98. The fraction of sp³-hybridized carbons (Fsp3) is 0.650. The molecule has 22 heavy (non-hydrogen) atoms. The lowest BCUT2D eigenvalue weighted by atomic mass is 10.1. The first kappa shape index (κ1) is 18.7. The molecule has 0 aromatic carbocycles. The lowest BCUT2D eigenvalue weighted by Gasteiger charge is -2.14. The van der Waals surface area contributed by atoms with Crippen LogP contribution in [0.4, 0.5) is 0 Å². The van der Waals surface area contributed by atoms with E-state index in [1.54, 1.807) is 0 Å². The van der Waals surface area contributed by atoms with Crippen molar-refractivity contribution >= 4 is 5.91 Å². The van der Waals surface area contributed by atoms with Crippen LogP contribution in [0, 0.1) is 0 Å². The molecule has 1 aliphatic rings. The number of carbonyl (C=O) groups excluding carboxylic acids is 1. The SMILES string of the molecule is CC/C=C\C/C=C\C/C=C\CCCCCC(=O)N1CCCC1. The molecule has 0 aliphatic carbocycles. The predicted octanol–water partition coefficient (Wildman–Crippen LogP) is 5.42. The molecule has 0 aromatic heterocycles. The van der Waals surface area contributed by atoms with Crippen LogP contribution in [0.5, 0.6) is 0 Å². The average molecular weight is 303 g/mol. The molecular formula is C20H33NO. The van der Waals surface area contributed by atoms with Crippen molar-refractivity contribution < 1.29 is 4.79 Å². The zero-order valence-corrected chi connectivity index (χ0v) is 14.3. The highest BCUT2D eigenvalue weighted by Crippen LogP contribution is 2.11. The zero-order valence-electron chi connectivity index (χ0n) is 14.3. The van der Waals surface area contributed by atoms with Crippen molar-refractivity contribution in [3.63, 3.8) is 0 Å². The molecule has 1 heterocycles. The highest BCUT2D eigenvalue weighted by molar-refractivity contribution is 5.76. The second-order valence-electron chi connectivity index (χ2n) is 5.98. The Labute approximate surface area is 137 Å². The summed E-state index contributed by atoms with van der Waals surface area (Å²) in [5, 5.41) is 0. The maximum absolute atomic E-state index is 11.8. The van der Waals surface area contributed by atoms with E-state index >= 15 is 0 Å². The number of hydrogen-bond donors (Lipinski definition) is 0. The molecule has 0 aromatic rings. The molecule has 1 amide bonds. The first-order chi connectivity index (χ1) is 10.8. The molecular weight excluding hydrogens is 270 g/mol. The van der Waals surface area contributed by atoms with Crippen LogP contribution in [0.15, 0.2) is 36.5 Å². The van der Waals surface area contributed by atoms with E-state index < -0.39 is 0 Å². The van der Waals surface area contributed by atoms with Gasteiger partial charge in [-0.25, -0.2) is 0 Å². The Balaban J connectivity index is 1.89. The Morgan fingerprint density at radius 3 is 2.18 bits per heavy atom. The number of rotatable bonds is 11. The van der Waals surface area contributed by atoms with Crippen LogP contribution < -0.4 is 0 Å². The molecule has 1 aliphatic heterocycles. The molecule has 0 unspecified atom stereocenters. The fourth-order valence-electron chi connectivity index (χ4n) is 2.67. The largest absolute Gasteiger partial charge is 0.343 e. The van der Waals surface area contributed by atoms with Gasteiger partial charge in [-0.3, -0.25) is 4.79 Å². The van der Waals surface area contributed by atoms with Crippen LogP contribution in [0.25, 0.3) is 0 Å². The van der Waals surface area contributed by atoms with Crippen LogP contribution in [0.2, 0.25) is 0 Å². The van der Waals surface area contributed by atoms with Crippen LogP contribution >= 0.6 is 0 Å². The van der Waals surface area contributed by atoms with Crippen molar-refractivity contribution in [1.29, 1.82) is 0 Å². The fourth-order valence-corrected chi connectivity index (χ4v) is 2.67. The summed E-state index contributed by atoms with van der Waals surface area (Å²) >= 11 is 0. The van der Waals surface area contributed by atoms with Gasteiger partial charge in [-0.1, -0.05) is 49.8 Å². The Hall–Kier alpha value is -1.31. The lowest BCUT2D eigenvalue weighted by molar-refractivity contribution is -0.130. The van der Waals surface area contributed by atoms with Crippen molar-refractivity contribution in [2.24, 2.45) is 0 Å². The summed E-state index contributed by atoms with van der Waals surface area (Å²) < 4.78 is 0. The van der Waals surface area contributed by atoms with E-state index in [2.05, 4.69) is 43.4 Å². The molecule has 2 heteroatoms. The third kappa shape index (κ3) is 9.59. The second kappa shape index (κ2) is 13.4. The molecule has 124 valence electrons. The number of allylic oxidation sites excluding steroid dienone is 6. The Morgan fingerprint density at radius 1 is 0.864 bits per heavy atom. The normalized spacial score (nSPS) is 15.8. The number of likely N-dealkylation sites (tertiary alicyclic amines) is 1. The first-order valence-electron chi connectivity index (χ1n) is 9.07. The molecule has 0 radical (unpaired) electrons. The topological polar surface area (TPSA) is 20.3 Å². The summed E-state index contributed by atoms with van der Waals surface area (Å²) in [5.74, 6) is 0.371. The van der Waals surface area contributed by atoms with Crippen molar-refractivity contribution in [3.05, 3.63) is 36.5 Å². The van der Waals surface area contributed by atoms with Gasteiger partial charge in [-0.2, -0.15) is 0 Å². The number of amides is 1. The van der Waals surface area contributed by atoms with Crippen LogP contribution in [-0.4, -0.2) is 23.9 Å². The Morgan fingerprint density at radius 2 is 1.50 bits per heavy atom. The van der Waals surface area contributed by atoms with Crippen LogP contribution in [0.1, 0.15) is 71.1 Å². The summed E-state index contributed by atoms with van der Waals surface area (Å²) in [4.78, 5) is 13.9. The van der Waals surface area contributed by atoms with Gasteiger partial charge in [0, 0.05) is 19.5 Å². The van der Waals surface area contributed by atoms with E-state index in [0.717, 1.165) is 51.6 Å². The third-order valence-electron chi connectivity index (χ3n) is 4.00. The van der Waals surface area contributed by atoms with Crippen molar-refractivity contribution in [3.8, 4) is 0 Å². The van der Waals surface area contributed by atoms with Gasteiger partial charge in [0.2, 0.25) is 5.91 Å². The van der Waals surface area contributed by atoms with Gasteiger partial charge in [-0.15, -0.1) is 0 Å². The highest BCUT2D eigenvalue weighted by atomic mass is 16.2. The minimum atomic E-state index is 0.371. The Kier molecular flexibility index (Phi) is 11.4. The van der Waals surface area contributed by atoms with Gasteiger partial charge in [-0.05, 0) is 51.4 Å². The monoisotopic (exact) mass is 303 g/mol. The highest BCUT2D eigenvalue weighted by Gasteiger charge is 2.16. The van der Waals surface area contributed by atoms with E-state index in [4.69, 9.17) is 0 Å². The molecule has 1 saturated heterocycles. The van der Waals surface area contributed by atoms with E-state index in [1.807, 2.05) is 4.90 Å². The molecule has 1 fully saturated rings. The molecule has 2 nitrogen and oxygen atoms in total. The van der Waals surface area contributed by atoms with Gasteiger partial charge in [0.15, 0.2) is 0 Å². The number of nitrogens with zero attached hydrogens (tertiary/aromatic N) is 1. The Bertz CT molecular complexity index is 362. The summed E-state index contributed by atoms with van der Waals surface area (Å²) in [6, 6.07) is 0. The summed E-state index contributed by atoms with van der Waals surface area (Å²) in [6.45, 7) is 4.14. The number of unbranched alkanes of at least 4 members (excludes halogenated alkanes) is 3. The lowest BCUT2D eigenvalue weighted by Crippen LogP contribution is -2.27. The van der Waals surface area contributed by atoms with Gasteiger partial charge in [0.25, 0.3) is 0 Å². The maximum Gasteiger partial charge on any atom is 0.222 e. The van der Waals surface area contributed by atoms with E-state index in [1.165, 1.54) is 25.7 Å². The van der Waals surface area contributed by atoms with Crippen LogP contribution in [-0.2, 0) is 4.79 Å². The van der Waals surface area contributed by atoms with Crippen molar-refractivity contribution in [2.75, 3.05) is 13.1 Å². The summed E-state index contributed by atoms with van der Waals surface area (Å²) in [5.41, 5.74) is 0. The van der Waals surface area contributed by atoms with E-state index in [-0.39, 0.29) is 0 Å². The smallest absolute Gasteiger partial charge is 0.222 e. The molecule has 0 spiro atoms. The summed E-state index contributed by atoms with van der Waals surface area (Å²) in [6.07, 6.45) is 24.3. The molecule has 0 saturated carbocycles. The molecule has 0 atom stereocenters. The zero-order chi connectivity index (χ0) is 15.9. The summed E-state index contributed by atoms with van der Waals surface area (Å²) in [7, 11) is 0. The van der Waals surface area contributed by atoms with Gasteiger partial charge in [0.1, 0.15) is 0 Å². The minimum absolute atomic E-state index is 0.371. The third-order valence-corrected chi connectivity index (χ3v) is 4.00. The molecule has 0 bridgehead atoms. The molecule has 0 N–H and O–H groups in total. The first-order valence-corrected chi connectivity index (χ1v) is 9.07. The number of carbonyl (C=O) groups is 1. The van der Waals surface area contributed by atoms with E-state index in [0.29, 0.717) is 5.91 Å². The van der Waals surface area contributed by atoms with Gasteiger partial charge >= 0.3 is 0 Å². The van der Waals surface area contributed by atoms with E-state index in [9.17, 15) is 4.79 Å². The maximum atomic E-state index is 11.8. The van der Waals surface area contributed by atoms with Gasteiger partial charge in [0.05, 0.1) is 0 Å². The minimum Gasteiger partial charge on any atom is -0.343 e. The van der Waals surface area contributed by atoms with Crippen LogP contribution in [0.3, 0.4) is 0 Å². The number of hydrogen-bond acceptors (Lipinski definition) is 1. The predicted molar refractivity (Wildman–Crippen MR) is 95.8 cm³/mol. The van der Waals surface area contributed by atoms with Crippen molar-refractivity contribution in [2.45, 2.75) is 71.1 Å².